The molecule has 0 aliphatic heterocycles. The van der Waals surface area contributed by atoms with Crippen LogP contribution in [-0.4, -0.2) is 24.4 Å². The SMILES string of the molecule is C=C(C)Oc1ccc(OP(=S)(OC)OC)nn1. The molecule has 0 spiro atoms. The van der Waals surface area contributed by atoms with E-state index in [0.717, 1.165) is 0 Å². The van der Waals surface area contributed by atoms with E-state index in [1.54, 1.807) is 19.1 Å². The van der Waals surface area contributed by atoms with Crippen LogP contribution in [0.5, 0.6) is 11.8 Å². The maximum Gasteiger partial charge on any atom is 0.381 e. The summed E-state index contributed by atoms with van der Waals surface area (Å²) < 4.78 is 20.3. The molecule has 0 atom stereocenters. The second-order valence-corrected chi connectivity index (χ2v) is 6.07. The Hall–Kier alpha value is -1.01. The Morgan fingerprint density at radius 2 is 1.76 bits per heavy atom. The number of rotatable bonds is 6. The van der Waals surface area contributed by atoms with Gasteiger partial charge in [0.2, 0.25) is 11.8 Å². The Morgan fingerprint density at radius 1 is 1.24 bits per heavy atom. The van der Waals surface area contributed by atoms with Crippen LogP contribution in [0.3, 0.4) is 0 Å². The van der Waals surface area contributed by atoms with Gasteiger partial charge in [0.05, 0.1) is 5.76 Å². The van der Waals surface area contributed by atoms with Crippen molar-refractivity contribution in [2.75, 3.05) is 14.2 Å². The smallest absolute Gasteiger partial charge is 0.381 e. The first-order valence-electron chi connectivity index (χ1n) is 4.57. The van der Waals surface area contributed by atoms with E-state index in [9.17, 15) is 0 Å². The molecule has 0 fully saturated rings. The second kappa shape index (κ2) is 6.07. The average molecular weight is 276 g/mol. The van der Waals surface area contributed by atoms with Crippen molar-refractivity contribution in [3.63, 3.8) is 0 Å². The second-order valence-electron chi connectivity index (χ2n) is 2.92. The Labute approximate surface area is 105 Å². The topological polar surface area (TPSA) is 62.7 Å². The molecular weight excluding hydrogens is 263 g/mol. The minimum Gasteiger partial charge on any atom is -0.443 e. The highest BCUT2D eigenvalue weighted by atomic mass is 32.5. The Kier molecular flexibility index (Phi) is 5.02. The van der Waals surface area contributed by atoms with Crippen molar-refractivity contribution in [1.29, 1.82) is 0 Å². The van der Waals surface area contributed by atoms with Gasteiger partial charge in [-0.1, -0.05) is 6.58 Å². The average Bonchev–Trinajstić information content (AvgIpc) is 2.31. The molecule has 0 aromatic carbocycles. The van der Waals surface area contributed by atoms with Gasteiger partial charge >= 0.3 is 6.72 Å². The van der Waals surface area contributed by atoms with Crippen molar-refractivity contribution in [1.82, 2.24) is 10.2 Å². The van der Waals surface area contributed by atoms with Crippen LogP contribution in [-0.2, 0) is 20.9 Å². The fraction of sp³-hybridized carbons (Fsp3) is 0.333. The van der Waals surface area contributed by atoms with Crippen LogP contribution >= 0.6 is 6.72 Å². The zero-order valence-corrected chi connectivity index (χ0v) is 11.5. The largest absolute Gasteiger partial charge is 0.443 e. The normalized spacial score (nSPS) is 11.0. The first kappa shape index (κ1) is 14.1. The molecular formula is C9H13N2O4PS. The highest BCUT2D eigenvalue weighted by Crippen LogP contribution is 2.47. The van der Waals surface area contributed by atoms with Crippen molar-refractivity contribution < 1.29 is 18.3 Å². The molecule has 0 amide bonds. The lowest BCUT2D eigenvalue weighted by Crippen LogP contribution is -2.00. The lowest BCUT2D eigenvalue weighted by molar-refractivity contribution is 0.269. The number of hydrogen-bond acceptors (Lipinski definition) is 7. The summed E-state index contributed by atoms with van der Waals surface area (Å²) in [6, 6.07) is 3.15. The van der Waals surface area contributed by atoms with E-state index in [0.29, 0.717) is 11.6 Å². The lowest BCUT2D eigenvalue weighted by atomic mass is 10.5. The molecule has 0 aliphatic carbocycles. The highest BCUT2D eigenvalue weighted by molar-refractivity contribution is 8.07. The van der Waals surface area contributed by atoms with Gasteiger partial charge in [0, 0.05) is 38.2 Å². The van der Waals surface area contributed by atoms with Crippen molar-refractivity contribution in [3.05, 3.63) is 24.5 Å². The van der Waals surface area contributed by atoms with E-state index < -0.39 is 6.72 Å². The van der Waals surface area contributed by atoms with E-state index in [-0.39, 0.29) is 5.88 Å². The Balaban J connectivity index is 2.74. The van der Waals surface area contributed by atoms with Crippen LogP contribution in [0.25, 0.3) is 0 Å². The van der Waals surface area contributed by atoms with Gasteiger partial charge in [-0.25, -0.2) is 0 Å². The molecule has 17 heavy (non-hydrogen) atoms. The summed E-state index contributed by atoms with van der Waals surface area (Å²) in [6.07, 6.45) is 0. The van der Waals surface area contributed by atoms with Crippen molar-refractivity contribution in [2.24, 2.45) is 0 Å². The zero-order valence-electron chi connectivity index (χ0n) is 9.74. The van der Waals surface area contributed by atoms with Crippen LogP contribution < -0.4 is 9.26 Å². The molecule has 0 radical (unpaired) electrons. The van der Waals surface area contributed by atoms with Gasteiger partial charge in [0.1, 0.15) is 0 Å². The van der Waals surface area contributed by atoms with Crippen molar-refractivity contribution >= 4 is 18.5 Å². The Morgan fingerprint density at radius 3 is 2.18 bits per heavy atom. The van der Waals surface area contributed by atoms with E-state index in [1.165, 1.54) is 14.2 Å². The molecule has 0 N–H and O–H groups in total. The Bertz CT molecular complexity index is 429. The van der Waals surface area contributed by atoms with Crippen LogP contribution in [0.1, 0.15) is 6.92 Å². The molecule has 6 nitrogen and oxygen atoms in total. The van der Waals surface area contributed by atoms with E-state index in [4.69, 9.17) is 30.1 Å². The van der Waals surface area contributed by atoms with Crippen LogP contribution in [0.2, 0.25) is 0 Å². The van der Waals surface area contributed by atoms with Gasteiger partial charge < -0.3 is 18.3 Å². The van der Waals surface area contributed by atoms with Crippen molar-refractivity contribution in [3.8, 4) is 11.8 Å². The standard InChI is InChI=1S/C9H13N2O4PS/c1-7(2)14-8-5-6-9(11-10-8)15-16(17,12-3)13-4/h5-6H,1H2,2-4H3. The van der Waals surface area contributed by atoms with E-state index in [1.807, 2.05) is 0 Å². The van der Waals surface area contributed by atoms with E-state index >= 15 is 0 Å². The quantitative estimate of drug-likeness (QED) is 0.583. The highest BCUT2D eigenvalue weighted by Gasteiger charge is 2.19. The molecule has 1 aromatic heterocycles. The van der Waals surface area contributed by atoms with Gasteiger partial charge in [0.25, 0.3) is 0 Å². The maximum atomic E-state index is 5.29. The summed E-state index contributed by atoms with van der Waals surface area (Å²) in [6.45, 7) is 2.52. The van der Waals surface area contributed by atoms with Crippen LogP contribution in [0.15, 0.2) is 24.5 Å². The molecule has 1 rings (SSSR count). The third kappa shape index (κ3) is 4.40. The molecule has 8 heteroatoms. The predicted molar refractivity (Wildman–Crippen MR) is 66.4 cm³/mol. The minimum atomic E-state index is -2.77. The fourth-order valence-electron chi connectivity index (χ4n) is 0.853. The van der Waals surface area contributed by atoms with Gasteiger partial charge in [-0.3, -0.25) is 0 Å². The van der Waals surface area contributed by atoms with Crippen LogP contribution in [0.4, 0.5) is 0 Å². The van der Waals surface area contributed by atoms with Crippen LogP contribution in [0, 0.1) is 0 Å². The molecule has 0 aliphatic rings. The lowest BCUT2D eigenvalue weighted by Gasteiger charge is -2.16. The summed E-state index contributed by atoms with van der Waals surface area (Å²) in [7, 11) is 2.83. The summed E-state index contributed by atoms with van der Waals surface area (Å²) in [5.74, 6) is 1.06. The van der Waals surface area contributed by atoms with E-state index in [2.05, 4.69) is 16.8 Å². The molecule has 0 unspecified atom stereocenters. The zero-order chi connectivity index (χ0) is 12.9. The molecule has 94 valence electrons. The molecule has 1 heterocycles. The molecule has 0 saturated heterocycles. The monoisotopic (exact) mass is 276 g/mol. The van der Waals surface area contributed by atoms with Gasteiger partial charge in [-0.2, -0.15) is 0 Å². The summed E-state index contributed by atoms with van der Waals surface area (Å²) in [4.78, 5) is 0. The first-order chi connectivity index (χ1) is 7.99. The molecule has 0 bridgehead atoms. The summed E-state index contributed by atoms with van der Waals surface area (Å²) >= 11 is 5.02. The molecule has 1 aromatic rings. The summed E-state index contributed by atoms with van der Waals surface area (Å²) in [5.41, 5.74) is 0. The van der Waals surface area contributed by atoms with Gasteiger partial charge in [-0.05, 0) is 6.92 Å². The predicted octanol–water partition coefficient (Wildman–Crippen LogP) is 2.29. The third-order valence-corrected chi connectivity index (χ3v) is 3.97. The number of aromatic nitrogens is 2. The van der Waals surface area contributed by atoms with Gasteiger partial charge in [-0.15, -0.1) is 10.2 Å². The third-order valence-electron chi connectivity index (χ3n) is 1.55. The number of hydrogen-bond donors (Lipinski definition) is 0. The van der Waals surface area contributed by atoms with Crippen molar-refractivity contribution in [2.45, 2.75) is 6.92 Å². The molecule has 0 saturated carbocycles. The maximum absolute atomic E-state index is 5.29. The first-order valence-corrected chi connectivity index (χ1v) is 7.13. The van der Waals surface area contributed by atoms with Gasteiger partial charge in [0.15, 0.2) is 0 Å². The fourth-order valence-corrected chi connectivity index (χ4v) is 1.71. The minimum absolute atomic E-state index is 0.214. The number of nitrogens with zero attached hydrogens (tertiary/aromatic N) is 2. The number of allylic oxidation sites excluding steroid dienone is 1. The summed E-state index contributed by atoms with van der Waals surface area (Å²) in [5, 5.41) is 7.55. The number of ether oxygens (including phenoxy) is 1.